The number of carboxylic acid groups (broad SMARTS) is 1. The molecule has 1 heterocycles. The summed E-state index contributed by atoms with van der Waals surface area (Å²) in [6.45, 7) is 7.06. The third-order valence-corrected chi connectivity index (χ3v) is 3.97. The number of quaternary nitrogens is 1. The van der Waals surface area contributed by atoms with Crippen LogP contribution in [0.15, 0.2) is 60.8 Å². The van der Waals surface area contributed by atoms with Gasteiger partial charge in [0.05, 0.1) is 13.1 Å². The Bertz CT molecular complexity index is 475. The second-order valence-corrected chi connectivity index (χ2v) is 6.61. The van der Waals surface area contributed by atoms with E-state index in [4.69, 9.17) is 5.11 Å². The first kappa shape index (κ1) is 26.1. The van der Waals surface area contributed by atoms with Crippen LogP contribution in [0.25, 0.3) is 0 Å². The van der Waals surface area contributed by atoms with Crippen molar-refractivity contribution in [1.82, 2.24) is 5.32 Å². The fourth-order valence-electron chi connectivity index (χ4n) is 2.42. The molecule has 4 N–H and O–H groups in total. The molecule has 158 valence electrons. The molecular weight excluding hydrogens is 348 g/mol. The predicted octanol–water partition coefficient (Wildman–Crippen LogP) is 4.15. The Morgan fingerprint density at radius 2 is 1.29 bits per heavy atom. The molecule has 1 rings (SSSR count). The van der Waals surface area contributed by atoms with E-state index >= 15 is 0 Å². The molecule has 1 aliphatic rings. The number of aliphatic carboxylic acids is 1. The van der Waals surface area contributed by atoms with Gasteiger partial charge in [-0.3, -0.25) is 4.79 Å². The van der Waals surface area contributed by atoms with Gasteiger partial charge in [0.15, 0.2) is 0 Å². The van der Waals surface area contributed by atoms with E-state index in [0.29, 0.717) is 0 Å². The van der Waals surface area contributed by atoms with Gasteiger partial charge >= 0.3 is 5.97 Å². The van der Waals surface area contributed by atoms with Crippen LogP contribution in [0.4, 0.5) is 0 Å². The molecule has 1 fully saturated rings. The maximum Gasteiger partial charge on any atom is 0.303 e. The Hall–Kier alpha value is -1.91. The van der Waals surface area contributed by atoms with Crippen molar-refractivity contribution in [3.63, 3.8) is 0 Å². The van der Waals surface area contributed by atoms with Gasteiger partial charge in [-0.1, -0.05) is 67.7 Å². The number of nitrogens with two attached hydrogens (primary N) is 1. The Labute approximate surface area is 172 Å². The number of rotatable bonds is 13. The van der Waals surface area contributed by atoms with E-state index in [-0.39, 0.29) is 6.42 Å². The lowest BCUT2D eigenvalue weighted by Gasteiger charge is -2.07. The maximum absolute atomic E-state index is 10.3. The van der Waals surface area contributed by atoms with E-state index < -0.39 is 5.97 Å². The molecule has 4 heteroatoms. The van der Waals surface area contributed by atoms with Crippen LogP contribution in [0.5, 0.6) is 0 Å². The number of nitrogens with one attached hydrogen (secondary N) is 1. The highest BCUT2D eigenvalue weighted by atomic mass is 16.4. The van der Waals surface area contributed by atoms with Crippen LogP contribution in [0, 0.1) is 0 Å². The second-order valence-electron chi connectivity index (χ2n) is 6.61. The smallest absolute Gasteiger partial charge is 0.303 e. The molecule has 0 aromatic heterocycles. The van der Waals surface area contributed by atoms with Gasteiger partial charge in [-0.15, -0.1) is 0 Å². The molecule has 1 saturated heterocycles. The van der Waals surface area contributed by atoms with Crippen molar-refractivity contribution in [2.75, 3.05) is 26.2 Å². The highest BCUT2D eigenvalue weighted by Gasteiger charge is 1.95. The lowest BCUT2D eigenvalue weighted by molar-refractivity contribution is -0.657. The first-order valence-corrected chi connectivity index (χ1v) is 10.8. The van der Waals surface area contributed by atoms with Gasteiger partial charge in [-0.2, -0.15) is 0 Å². The SMILES string of the molecule is C1C[NH2+]CCN1.CC/C=C\C/C=C\C/C=C\C/C=C\C/C=C\CCCC(=O)O. The topological polar surface area (TPSA) is 65.9 Å². The number of unbranched alkanes of at least 4 members (excludes halogenated alkanes) is 1. The summed E-state index contributed by atoms with van der Waals surface area (Å²) in [7, 11) is 0. The van der Waals surface area contributed by atoms with Crippen molar-refractivity contribution >= 4 is 5.97 Å². The van der Waals surface area contributed by atoms with E-state index in [1.54, 1.807) is 0 Å². The summed E-state index contributed by atoms with van der Waals surface area (Å²) in [5.74, 6) is -0.715. The summed E-state index contributed by atoms with van der Waals surface area (Å²) in [5, 5.41) is 14.1. The third kappa shape index (κ3) is 24.1. The molecule has 0 radical (unpaired) electrons. The van der Waals surface area contributed by atoms with E-state index in [9.17, 15) is 4.79 Å². The monoisotopic (exact) mass is 389 g/mol. The number of carboxylic acids is 1. The summed E-state index contributed by atoms with van der Waals surface area (Å²) in [6.07, 6.45) is 28.4. The normalized spacial score (nSPS) is 15.2. The number of hydrogen-bond acceptors (Lipinski definition) is 2. The van der Waals surface area contributed by atoms with Crippen LogP contribution >= 0.6 is 0 Å². The van der Waals surface area contributed by atoms with Crippen molar-refractivity contribution in [2.24, 2.45) is 0 Å². The highest BCUT2D eigenvalue weighted by molar-refractivity contribution is 5.66. The maximum atomic E-state index is 10.3. The number of piperazine rings is 1. The Morgan fingerprint density at radius 3 is 1.64 bits per heavy atom. The average Bonchev–Trinajstić information content (AvgIpc) is 2.72. The van der Waals surface area contributed by atoms with E-state index in [1.807, 2.05) is 0 Å². The Kier molecular flexibility index (Phi) is 21.6. The fraction of sp³-hybridized carbons (Fsp3) is 0.542. The van der Waals surface area contributed by atoms with Gasteiger partial charge in [0, 0.05) is 19.5 Å². The van der Waals surface area contributed by atoms with Gasteiger partial charge < -0.3 is 15.7 Å². The van der Waals surface area contributed by atoms with Gasteiger partial charge in [-0.25, -0.2) is 0 Å². The summed E-state index contributed by atoms with van der Waals surface area (Å²) in [4.78, 5) is 10.3. The molecule has 0 aliphatic carbocycles. The lowest BCUT2D eigenvalue weighted by atomic mass is 10.2. The quantitative estimate of drug-likeness (QED) is 0.327. The number of allylic oxidation sites excluding steroid dienone is 10. The highest BCUT2D eigenvalue weighted by Crippen LogP contribution is 1.99. The number of carbonyl (C=O) groups is 1. The Balaban J connectivity index is 0.00000102. The first-order valence-electron chi connectivity index (χ1n) is 10.8. The molecule has 1 aliphatic heterocycles. The molecule has 0 aromatic rings. The zero-order valence-corrected chi connectivity index (χ0v) is 17.7. The minimum atomic E-state index is -0.715. The van der Waals surface area contributed by atoms with E-state index in [0.717, 1.165) is 44.9 Å². The summed E-state index contributed by atoms with van der Waals surface area (Å²) in [5.41, 5.74) is 0. The number of hydrogen-bond donors (Lipinski definition) is 3. The third-order valence-electron chi connectivity index (χ3n) is 3.97. The van der Waals surface area contributed by atoms with Gasteiger partial charge in [-0.05, 0) is 44.9 Å². The van der Waals surface area contributed by atoms with Crippen LogP contribution in [0.3, 0.4) is 0 Å². The van der Waals surface area contributed by atoms with Crippen LogP contribution in [0.1, 0.15) is 58.3 Å². The summed E-state index contributed by atoms with van der Waals surface area (Å²) in [6, 6.07) is 0. The molecule has 0 bridgehead atoms. The van der Waals surface area contributed by atoms with Gasteiger partial charge in [0.1, 0.15) is 0 Å². The average molecular weight is 390 g/mol. The minimum Gasteiger partial charge on any atom is -0.481 e. The van der Waals surface area contributed by atoms with Crippen LogP contribution in [0.2, 0.25) is 0 Å². The standard InChI is InChI=1S/C20H30O2.C4H10N2/c1-2-3-4-5-6-7-8-9-10-11-12-13-14-15-16-17-18-19-20(21)22;1-2-6-4-3-5-1/h3-4,6-7,9-10,12-13,15-16H,2,5,8,11,14,17-19H2,1H3,(H,21,22);5-6H,1-4H2/p+1/b4-3-,7-6-,10-9-,13-12-,16-15-;. The van der Waals surface area contributed by atoms with Crippen LogP contribution < -0.4 is 10.6 Å². The molecular formula is C24H41N2O2+. The molecule has 0 saturated carbocycles. The van der Waals surface area contributed by atoms with Gasteiger partial charge in [0.25, 0.3) is 0 Å². The molecule has 4 nitrogen and oxygen atoms in total. The van der Waals surface area contributed by atoms with Crippen molar-refractivity contribution in [2.45, 2.75) is 58.3 Å². The zero-order valence-electron chi connectivity index (χ0n) is 17.7. The summed E-state index contributed by atoms with van der Waals surface area (Å²) < 4.78 is 0. The minimum absolute atomic E-state index is 0.258. The van der Waals surface area contributed by atoms with Crippen LogP contribution in [-0.4, -0.2) is 37.3 Å². The molecule has 0 spiro atoms. The molecule has 0 atom stereocenters. The van der Waals surface area contributed by atoms with Crippen molar-refractivity contribution in [1.29, 1.82) is 0 Å². The zero-order chi connectivity index (χ0) is 20.5. The van der Waals surface area contributed by atoms with Crippen molar-refractivity contribution < 1.29 is 15.2 Å². The fourth-order valence-corrected chi connectivity index (χ4v) is 2.42. The molecule has 0 unspecified atom stereocenters. The van der Waals surface area contributed by atoms with E-state index in [2.05, 4.69) is 78.3 Å². The lowest BCUT2D eigenvalue weighted by Crippen LogP contribution is -2.89. The van der Waals surface area contributed by atoms with Gasteiger partial charge in [0.2, 0.25) is 0 Å². The molecule has 28 heavy (non-hydrogen) atoms. The van der Waals surface area contributed by atoms with Crippen LogP contribution in [-0.2, 0) is 4.79 Å². The van der Waals surface area contributed by atoms with Crippen molar-refractivity contribution in [3.8, 4) is 0 Å². The Morgan fingerprint density at radius 1 is 0.821 bits per heavy atom. The second kappa shape index (κ2) is 23.1. The molecule has 0 amide bonds. The first-order chi connectivity index (χ1) is 13.8. The molecule has 0 aromatic carbocycles. The van der Waals surface area contributed by atoms with Crippen molar-refractivity contribution in [3.05, 3.63) is 60.8 Å². The largest absolute Gasteiger partial charge is 0.481 e. The summed E-state index contributed by atoms with van der Waals surface area (Å²) >= 11 is 0. The predicted molar refractivity (Wildman–Crippen MR) is 120 cm³/mol. The van der Waals surface area contributed by atoms with E-state index in [1.165, 1.54) is 26.2 Å².